The van der Waals surface area contributed by atoms with Gasteiger partial charge in [0.1, 0.15) is 0 Å². The van der Waals surface area contributed by atoms with Crippen LogP contribution in [0, 0.1) is 19.8 Å². The number of hydrogen-bond donors (Lipinski definition) is 0. The zero-order chi connectivity index (χ0) is 22.7. The molecular weight excluding hydrogens is 446 g/mol. The fraction of sp³-hybridized carbons (Fsp3) is 0.435. The minimum Gasteiger partial charge on any atom is -0.416 e. The van der Waals surface area contributed by atoms with Crippen LogP contribution in [0.1, 0.15) is 39.6 Å². The Labute approximate surface area is 192 Å². The fourth-order valence-electron chi connectivity index (χ4n) is 4.18. The van der Waals surface area contributed by atoms with Crippen molar-refractivity contribution < 1.29 is 17.6 Å². The molecule has 1 atom stereocenters. The summed E-state index contributed by atoms with van der Waals surface area (Å²) in [6.45, 7) is 4.83. The maximum absolute atomic E-state index is 12.8. The minimum absolute atomic E-state index is 0.0238. The zero-order valence-electron chi connectivity index (χ0n) is 18.3. The van der Waals surface area contributed by atoms with E-state index >= 15 is 0 Å². The first-order chi connectivity index (χ1) is 15.3. The summed E-state index contributed by atoms with van der Waals surface area (Å²) in [6, 6.07) is 12.3. The van der Waals surface area contributed by atoms with E-state index in [1.165, 1.54) is 17.3 Å². The number of nitrogens with zero attached hydrogens (tertiary/aromatic N) is 3. The van der Waals surface area contributed by atoms with Crippen molar-refractivity contribution in [1.82, 2.24) is 14.8 Å². The van der Waals surface area contributed by atoms with Gasteiger partial charge in [-0.1, -0.05) is 42.1 Å². The second-order valence-electron chi connectivity index (χ2n) is 8.32. The highest BCUT2D eigenvalue weighted by atomic mass is 32.2. The first kappa shape index (κ1) is 22.8. The highest BCUT2D eigenvalue weighted by Gasteiger charge is 2.29. The Kier molecular flexibility index (Phi) is 6.85. The summed E-state index contributed by atoms with van der Waals surface area (Å²) in [5, 5.41) is 8.37. The summed E-state index contributed by atoms with van der Waals surface area (Å²) < 4.78 is 31.0. The van der Waals surface area contributed by atoms with Crippen molar-refractivity contribution in [2.24, 2.45) is 5.92 Å². The van der Waals surface area contributed by atoms with Gasteiger partial charge in [0.2, 0.25) is 5.89 Å². The molecule has 0 spiro atoms. The number of carbonyl (C=O) groups excluding carboxylic acids is 1. The summed E-state index contributed by atoms with van der Waals surface area (Å²) in [6.07, 6.45) is 2.00. The first-order valence-corrected chi connectivity index (χ1v) is 13.5. The van der Waals surface area contributed by atoms with E-state index in [0.717, 1.165) is 29.9 Å². The van der Waals surface area contributed by atoms with Crippen LogP contribution < -0.4 is 0 Å². The molecule has 3 aromatic rings. The SMILES string of the molecule is Cc1cc(C(=O)CSc2nnc(C[C@H]3CCS(=O)(=O)C3)o2)c(C)n1CCc1ccccc1. The highest BCUT2D eigenvalue weighted by molar-refractivity contribution is 7.99. The molecule has 0 radical (unpaired) electrons. The molecule has 0 amide bonds. The molecule has 3 heterocycles. The summed E-state index contributed by atoms with van der Waals surface area (Å²) in [5.74, 6) is 1.10. The summed E-state index contributed by atoms with van der Waals surface area (Å²) in [5.41, 5.74) is 4.03. The topological polar surface area (TPSA) is 95.1 Å². The van der Waals surface area contributed by atoms with Crippen molar-refractivity contribution in [3.8, 4) is 0 Å². The third-order valence-electron chi connectivity index (χ3n) is 5.91. The van der Waals surface area contributed by atoms with Crippen LogP contribution in [0.15, 0.2) is 46.0 Å². The van der Waals surface area contributed by atoms with E-state index in [0.29, 0.717) is 24.0 Å². The van der Waals surface area contributed by atoms with Gasteiger partial charge in [0.05, 0.1) is 17.3 Å². The van der Waals surface area contributed by atoms with Gasteiger partial charge >= 0.3 is 0 Å². The van der Waals surface area contributed by atoms with Crippen LogP contribution in [-0.4, -0.2) is 46.2 Å². The number of ketones is 1. The average Bonchev–Trinajstić information content (AvgIpc) is 3.43. The van der Waals surface area contributed by atoms with E-state index in [9.17, 15) is 13.2 Å². The molecule has 0 N–H and O–H groups in total. The first-order valence-electron chi connectivity index (χ1n) is 10.7. The van der Waals surface area contributed by atoms with Gasteiger partial charge in [-0.25, -0.2) is 8.42 Å². The van der Waals surface area contributed by atoms with Crippen LogP contribution in [0.4, 0.5) is 0 Å². The van der Waals surface area contributed by atoms with Crippen molar-refractivity contribution in [3.63, 3.8) is 0 Å². The Hall–Kier alpha value is -2.39. The van der Waals surface area contributed by atoms with E-state index in [-0.39, 0.29) is 29.0 Å². The second kappa shape index (κ2) is 9.62. The molecule has 0 unspecified atom stereocenters. The van der Waals surface area contributed by atoms with Gasteiger partial charge < -0.3 is 8.98 Å². The van der Waals surface area contributed by atoms with E-state index in [4.69, 9.17) is 4.42 Å². The lowest BCUT2D eigenvalue weighted by molar-refractivity contribution is 0.102. The number of hydrogen-bond acceptors (Lipinski definition) is 7. The molecule has 1 fully saturated rings. The lowest BCUT2D eigenvalue weighted by atomic mass is 10.1. The van der Waals surface area contributed by atoms with Crippen molar-refractivity contribution in [2.75, 3.05) is 17.3 Å². The van der Waals surface area contributed by atoms with E-state index in [1.807, 2.05) is 38.1 Å². The van der Waals surface area contributed by atoms with Gasteiger partial charge in [0.25, 0.3) is 5.22 Å². The van der Waals surface area contributed by atoms with Gasteiger partial charge in [0, 0.05) is 29.9 Å². The number of sulfone groups is 1. The maximum Gasteiger partial charge on any atom is 0.277 e. The van der Waals surface area contributed by atoms with Crippen LogP contribution in [0.25, 0.3) is 0 Å². The van der Waals surface area contributed by atoms with Gasteiger partial charge in [-0.15, -0.1) is 10.2 Å². The molecule has 1 saturated heterocycles. The number of carbonyl (C=O) groups is 1. The lowest BCUT2D eigenvalue weighted by Gasteiger charge is -2.10. The Morgan fingerprint density at radius 2 is 2.00 bits per heavy atom. The van der Waals surface area contributed by atoms with Crippen molar-refractivity contribution in [1.29, 1.82) is 0 Å². The molecule has 4 rings (SSSR count). The third kappa shape index (κ3) is 5.50. The summed E-state index contributed by atoms with van der Waals surface area (Å²) in [7, 11) is -2.93. The van der Waals surface area contributed by atoms with Gasteiger partial charge in [-0.3, -0.25) is 4.79 Å². The largest absolute Gasteiger partial charge is 0.416 e. The predicted molar refractivity (Wildman–Crippen MR) is 124 cm³/mol. The normalized spacial score (nSPS) is 17.6. The Morgan fingerprint density at radius 1 is 1.22 bits per heavy atom. The molecular formula is C23H27N3O4S2. The summed E-state index contributed by atoms with van der Waals surface area (Å²) in [4.78, 5) is 12.8. The number of thioether (sulfide) groups is 1. The van der Waals surface area contributed by atoms with E-state index in [2.05, 4.69) is 26.9 Å². The fourth-order valence-corrected chi connectivity index (χ4v) is 6.70. The lowest BCUT2D eigenvalue weighted by Crippen LogP contribution is -2.08. The molecule has 170 valence electrons. The van der Waals surface area contributed by atoms with E-state index in [1.54, 1.807) is 0 Å². The number of Topliss-reactive ketones (excluding diaryl/α,β-unsaturated/α-hetero) is 1. The van der Waals surface area contributed by atoms with Crippen LogP contribution in [0.5, 0.6) is 0 Å². The third-order valence-corrected chi connectivity index (χ3v) is 8.56. The van der Waals surface area contributed by atoms with Gasteiger partial charge in [-0.2, -0.15) is 0 Å². The van der Waals surface area contributed by atoms with Crippen molar-refractivity contribution in [3.05, 3.63) is 64.8 Å². The number of benzene rings is 1. The minimum atomic E-state index is -2.93. The quantitative estimate of drug-likeness (QED) is 0.345. The molecule has 0 aliphatic carbocycles. The Morgan fingerprint density at radius 3 is 2.72 bits per heavy atom. The Balaban J connectivity index is 1.33. The van der Waals surface area contributed by atoms with E-state index < -0.39 is 9.84 Å². The number of rotatable bonds is 9. The smallest absolute Gasteiger partial charge is 0.277 e. The molecule has 1 aromatic carbocycles. The van der Waals surface area contributed by atoms with Crippen LogP contribution in [-0.2, 0) is 29.2 Å². The molecule has 0 bridgehead atoms. The molecule has 2 aromatic heterocycles. The highest BCUT2D eigenvalue weighted by Crippen LogP contribution is 2.25. The van der Waals surface area contributed by atoms with Crippen molar-refractivity contribution >= 4 is 27.4 Å². The molecule has 1 aliphatic heterocycles. The molecule has 7 nitrogen and oxygen atoms in total. The zero-order valence-corrected chi connectivity index (χ0v) is 19.9. The molecule has 1 aliphatic rings. The predicted octanol–water partition coefficient (Wildman–Crippen LogP) is 3.68. The Bertz CT molecular complexity index is 1200. The van der Waals surface area contributed by atoms with Gasteiger partial charge in [-0.05, 0) is 44.2 Å². The number of aromatic nitrogens is 3. The summed E-state index contributed by atoms with van der Waals surface area (Å²) >= 11 is 1.22. The maximum atomic E-state index is 12.8. The average molecular weight is 474 g/mol. The van der Waals surface area contributed by atoms with Gasteiger partial charge in [0.15, 0.2) is 15.6 Å². The standard InChI is InChI=1S/C23H27N3O4S2/c1-16-12-20(17(2)26(16)10-8-18-6-4-3-5-7-18)21(27)14-31-23-25-24-22(30-23)13-19-9-11-32(28,29)15-19/h3-7,12,19H,8-11,13-15H2,1-2H3/t19-/m1/s1. The van der Waals surface area contributed by atoms with Crippen LogP contribution >= 0.6 is 11.8 Å². The monoisotopic (exact) mass is 473 g/mol. The molecule has 32 heavy (non-hydrogen) atoms. The molecule has 9 heteroatoms. The van der Waals surface area contributed by atoms with Crippen molar-refractivity contribution in [2.45, 2.75) is 44.9 Å². The van der Waals surface area contributed by atoms with Crippen LogP contribution in [0.3, 0.4) is 0 Å². The number of aryl methyl sites for hydroxylation is 2. The second-order valence-corrected chi connectivity index (χ2v) is 11.5. The van der Waals surface area contributed by atoms with Crippen LogP contribution in [0.2, 0.25) is 0 Å². The molecule has 0 saturated carbocycles.